The molecule has 0 radical (unpaired) electrons. The molecular formula is C64H41NO. The van der Waals surface area contributed by atoms with Crippen molar-refractivity contribution in [2.24, 2.45) is 0 Å². The maximum atomic E-state index is 7.08. The quantitative estimate of drug-likeness (QED) is 0.149. The Balaban J connectivity index is 1.08. The van der Waals surface area contributed by atoms with Crippen LogP contribution in [0, 0.1) is 0 Å². The number of benzene rings is 12. The second-order valence-corrected chi connectivity index (χ2v) is 17.1. The van der Waals surface area contributed by atoms with Gasteiger partial charge in [0.05, 0.1) is 16.8 Å². The Morgan fingerprint density at radius 1 is 0.273 bits per heavy atom. The fraction of sp³-hybridized carbons (Fsp3) is 0. The van der Waals surface area contributed by atoms with Gasteiger partial charge in [-0.15, -0.1) is 0 Å². The number of rotatable bonds is 7. The normalized spacial score (nSPS) is 11.6. The average molecular weight is 840 g/mol. The van der Waals surface area contributed by atoms with E-state index in [1.54, 1.807) is 0 Å². The molecule has 308 valence electrons. The van der Waals surface area contributed by atoms with Crippen molar-refractivity contribution in [1.82, 2.24) is 0 Å². The van der Waals surface area contributed by atoms with Crippen LogP contribution >= 0.6 is 0 Å². The predicted molar refractivity (Wildman–Crippen MR) is 280 cm³/mol. The van der Waals surface area contributed by atoms with Crippen LogP contribution in [0.5, 0.6) is 0 Å². The van der Waals surface area contributed by atoms with Gasteiger partial charge >= 0.3 is 0 Å². The Labute approximate surface area is 382 Å². The second kappa shape index (κ2) is 15.5. The smallest absolute Gasteiger partial charge is 0.145 e. The van der Waals surface area contributed by atoms with Crippen LogP contribution in [0.4, 0.5) is 17.1 Å². The van der Waals surface area contributed by atoms with Gasteiger partial charge < -0.3 is 9.32 Å². The third-order valence-corrected chi connectivity index (χ3v) is 13.5. The summed E-state index contributed by atoms with van der Waals surface area (Å²) in [5.41, 5.74) is 14.1. The molecule has 0 spiro atoms. The summed E-state index contributed by atoms with van der Waals surface area (Å²) in [6, 6.07) is 90.2. The molecule has 2 nitrogen and oxygen atoms in total. The number of nitrogens with zero attached hydrogens (tertiary/aromatic N) is 1. The Morgan fingerprint density at radius 2 is 0.773 bits per heavy atom. The second-order valence-electron chi connectivity index (χ2n) is 17.1. The number of fused-ring (bicyclic) bond motifs is 9. The first-order valence-corrected chi connectivity index (χ1v) is 22.7. The fourth-order valence-electron chi connectivity index (χ4n) is 10.5. The lowest BCUT2D eigenvalue weighted by molar-refractivity contribution is 0.670. The first-order valence-electron chi connectivity index (χ1n) is 22.7. The summed E-state index contributed by atoms with van der Waals surface area (Å²) in [7, 11) is 0. The summed E-state index contributed by atoms with van der Waals surface area (Å²) in [5.74, 6) is 0. The molecule has 12 aromatic carbocycles. The minimum Gasteiger partial charge on any atom is -0.455 e. The van der Waals surface area contributed by atoms with E-state index in [-0.39, 0.29) is 0 Å². The Morgan fingerprint density at radius 3 is 1.47 bits per heavy atom. The van der Waals surface area contributed by atoms with Crippen LogP contribution in [0.15, 0.2) is 253 Å². The van der Waals surface area contributed by atoms with Crippen molar-refractivity contribution in [2.75, 3.05) is 4.90 Å². The third kappa shape index (κ3) is 6.11. The van der Waals surface area contributed by atoms with Crippen LogP contribution in [0.3, 0.4) is 0 Å². The third-order valence-electron chi connectivity index (χ3n) is 13.5. The van der Waals surface area contributed by atoms with E-state index in [2.05, 4.69) is 254 Å². The van der Waals surface area contributed by atoms with E-state index < -0.39 is 0 Å². The lowest BCUT2D eigenvalue weighted by Gasteiger charge is -2.29. The number of anilines is 3. The van der Waals surface area contributed by atoms with Crippen molar-refractivity contribution in [3.05, 3.63) is 249 Å². The van der Waals surface area contributed by atoms with Gasteiger partial charge in [-0.05, 0) is 125 Å². The highest BCUT2D eigenvalue weighted by Crippen LogP contribution is 2.50. The molecule has 0 amide bonds. The molecule has 13 aromatic rings. The van der Waals surface area contributed by atoms with Crippen molar-refractivity contribution in [3.63, 3.8) is 0 Å². The van der Waals surface area contributed by atoms with Gasteiger partial charge in [0.1, 0.15) is 11.2 Å². The van der Waals surface area contributed by atoms with Crippen molar-refractivity contribution in [3.8, 4) is 44.5 Å². The van der Waals surface area contributed by atoms with E-state index in [1.165, 1.54) is 65.3 Å². The molecule has 0 fully saturated rings. The number of hydrogen-bond donors (Lipinski definition) is 0. The van der Waals surface area contributed by atoms with Crippen LogP contribution in [0.1, 0.15) is 0 Å². The molecule has 0 aliphatic rings. The van der Waals surface area contributed by atoms with Gasteiger partial charge in [0.25, 0.3) is 0 Å². The highest BCUT2D eigenvalue weighted by molar-refractivity contribution is 6.21. The maximum Gasteiger partial charge on any atom is 0.145 e. The van der Waals surface area contributed by atoms with Gasteiger partial charge in [-0.3, -0.25) is 0 Å². The highest BCUT2D eigenvalue weighted by Gasteiger charge is 2.26. The van der Waals surface area contributed by atoms with E-state index in [4.69, 9.17) is 4.42 Å². The standard InChI is InChI=1S/C64H41NO/c1-2-18-42(19-3-1)47-22-8-9-27-52(47)55-30-14-16-32-60(55)65(46-36-34-43(35-37-46)58-40-44-20-4-6-23-48(44)50-25-10-12-28-53(50)58)61-39-38-56(64-63(61)57-31-15-17-33-62(57)66-64)59-41-45-21-5-7-24-49(45)51-26-11-13-29-54(51)59/h1-41H. The molecule has 66 heavy (non-hydrogen) atoms. The molecule has 1 heterocycles. The van der Waals surface area contributed by atoms with Gasteiger partial charge in [0.2, 0.25) is 0 Å². The molecule has 1 aromatic heterocycles. The van der Waals surface area contributed by atoms with E-state index in [9.17, 15) is 0 Å². The van der Waals surface area contributed by atoms with Crippen LogP contribution in [-0.2, 0) is 0 Å². The minimum atomic E-state index is 0.854. The summed E-state index contributed by atoms with van der Waals surface area (Å²) in [4.78, 5) is 2.45. The van der Waals surface area contributed by atoms with Crippen LogP contribution in [-0.4, -0.2) is 0 Å². The molecule has 0 saturated carbocycles. The van der Waals surface area contributed by atoms with Crippen LogP contribution in [0.2, 0.25) is 0 Å². The molecule has 0 unspecified atom stereocenters. The predicted octanol–water partition coefficient (Wildman–Crippen LogP) is 18.3. The fourth-order valence-corrected chi connectivity index (χ4v) is 10.5. The summed E-state index contributed by atoms with van der Waals surface area (Å²) in [6.07, 6.45) is 0. The van der Waals surface area contributed by atoms with Crippen molar-refractivity contribution in [1.29, 1.82) is 0 Å². The molecule has 0 aliphatic heterocycles. The molecule has 0 atom stereocenters. The largest absolute Gasteiger partial charge is 0.455 e. The highest BCUT2D eigenvalue weighted by atomic mass is 16.3. The topological polar surface area (TPSA) is 16.4 Å². The molecular weight excluding hydrogens is 799 g/mol. The summed E-state index contributed by atoms with van der Waals surface area (Å²) >= 11 is 0. The van der Waals surface area contributed by atoms with Gasteiger partial charge in [0, 0.05) is 22.2 Å². The van der Waals surface area contributed by atoms with Gasteiger partial charge in [-0.1, -0.05) is 200 Å². The number of para-hydroxylation sites is 2. The maximum absolute atomic E-state index is 7.08. The van der Waals surface area contributed by atoms with Crippen molar-refractivity contribution >= 4 is 82.1 Å². The molecule has 0 saturated heterocycles. The zero-order chi connectivity index (χ0) is 43.6. The van der Waals surface area contributed by atoms with Gasteiger partial charge in [-0.25, -0.2) is 0 Å². The molecule has 0 N–H and O–H groups in total. The lowest BCUT2D eigenvalue weighted by atomic mass is 9.91. The van der Waals surface area contributed by atoms with Gasteiger partial charge in [-0.2, -0.15) is 0 Å². The molecule has 0 aliphatic carbocycles. The molecule has 2 heteroatoms. The van der Waals surface area contributed by atoms with Crippen LogP contribution < -0.4 is 4.90 Å². The minimum absolute atomic E-state index is 0.854. The van der Waals surface area contributed by atoms with Gasteiger partial charge in [0.15, 0.2) is 0 Å². The lowest BCUT2D eigenvalue weighted by Crippen LogP contribution is -2.12. The number of furan rings is 1. The Kier molecular flexibility index (Phi) is 8.89. The van der Waals surface area contributed by atoms with Crippen molar-refractivity contribution < 1.29 is 4.42 Å². The van der Waals surface area contributed by atoms with Crippen LogP contribution in [0.25, 0.3) is 110 Å². The summed E-state index contributed by atoms with van der Waals surface area (Å²) in [6.45, 7) is 0. The number of hydrogen-bond acceptors (Lipinski definition) is 2. The summed E-state index contributed by atoms with van der Waals surface area (Å²) < 4.78 is 7.08. The Bertz CT molecular complexity index is 3990. The SMILES string of the molecule is c1ccc(-c2ccccc2-c2ccccc2N(c2ccc(-c3cc4ccccc4c4ccccc34)cc2)c2ccc(-c3cc4ccccc4c4ccccc34)c3oc4ccccc4c23)cc1. The van der Waals surface area contributed by atoms with Crippen molar-refractivity contribution in [2.45, 2.75) is 0 Å². The summed E-state index contributed by atoms with van der Waals surface area (Å²) in [5, 5.41) is 12.0. The van der Waals surface area contributed by atoms with E-state index in [0.29, 0.717) is 0 Å². The van der Waals surface area contributed by atoms with E-state index in [1.807, 2.05) is 0 Å². The first kappa shape index (κ1) is 37.8. The zero-order valence-corrected chi connectivity index (χ0v) is 36.0. The first-order chi connectivity index (χ1) is 32.8. The monoisotopic (exact) mass is 839 g/mol. The molecule has 0 bridgehead atoms. The Hall–Kier alpha value is -8.72. The molecule has 13 rings (SSSR count). The average Bonchev–Trinajstić information content (AvgIpc) is 3.79. The van der Waals surface area contributed by atoms with E-state index >= 15 is 0 Å². The van der Waals surface area contributed by atoms with E-state index in [0.717, 1.165) is 61.3 Å². The zero-order valence-electron chi connectivity index (χ0n) is 36.0.